The highest BCUT2D eigenvalue weighted by molar-refractivity contribution is 5.62. The largest absolute Gasteiger partial charge is 0.315 e. The van der Waals surface area contributed by atoms with Crippen molar-refractivity contribution in [1.82, 2.24) is 19.2 Å². The molecule has 0 aliphatic rings. The van der Waals surface area contributed by atoms with Crippen LogP contribution in [-0.4, -0.2) is 19.2 Å². The summed E-state index contributed by atoms with van der Waals surface area (Å²) < 4.78 is 3.53. The van der Waals surface area contributed by atoms with Gasteiger partial charge in [-0.25, -0.2) is 9.50 Å². The molecule has 0 amide bonds. The zero-order valence-corrected chi connectivity index (χ0v) is 13.9. The van der Waals surface area contributed by atoms with Crippen molar-refractivity contribution in [1.29, 1.82) is 0 Å². The molecule has 3 aromatic heterocycles. The van der Waals surface area contributed by atoms with E-state index < -0.39 is 0 Å². The number of aryl methyl sites for hydroxylation is 2. The monoisotopic (exact) mass is 310 g/mol. The lowest BCUT2D eigenvalue weighted by Gasteiger charge is -2.09. The predicted molar refractivity (Wildman–Crippen MR) is 91.5 cm³/mol. The van der Waals surface area contributed by atoms with Gasteiger partial charge in [0.05, 0.1) is 11.9 Å². The van der Waals surface area contributed by atoms with Crippen molar-refractivity contribution in [2.75, 3.05) is 0 Å². The summed E-state index contributed by atoms with van der Waals surface area (Å²) in [5, 5.41) is 4.29. The SMILES string of the molecule is CCc1cnn2ccc(-c3ccn(CCC(C)C)c(=O)c3)nc12. The molecule has 0 spiro atoms. The number of hydrogen-bond donors (Lipinski definition) is 0. The number of rotatable bonds is 5. The summed E-state index contributed by atoms with van der Waals surface area (Å²) in [6.07, 6.45) is 7.48. The lowest BCUT2D eigenvalue weighted by Crippen LogP contribution is -2.19. The third kappa shape index (κ3) is 3.18. The maximum absolute atomic E-state index is 12.3. The van der Waals surface area contributed by atoms with Crippen LogP contribution in [0.5, 0.6) is 0 Å². The Morgan fingerprint density at radius 3 is 2.74 bits per heavy atom. The third-order valence-corrected chi connectivity index (χ3v) is 4.06. The van der Waals surface area contributed by atoms with E-state index in [4.69, 9.17) is 0 Å². The Labute approximate surface area is 135 Å². The van der Waals surface area contributed by atoms with Gasteiger partial charge in [-0.2, -0.15) is 5.10 Å². The topological polar surface area (TPSA) is 52.2 Å². The number of pyridine rings is 1. The molecule has 0 saturated heterocycles. The summed E-state index contributed by atoms with van der Waals surface area (Å²) in [5.74, 6) is 0.583. The molecular formula is C18H22N4O. The summed E-state index contributed by atoms with van der Waals surface area (Å²) in [6.45, 7) is 7.16. The Bertz CT molecular complexity index is 876. The van der Waals surface area contributed by atoms with E-state index in [0.717, 1.165) is 41.9 Å². The first-order chi connectivity index (χ1) is 11.1. The summed E-state index contributed by atoms with van der Waals surface area (Å²) in [5.41, 5.74) is 3.64. The Morgan fingerprint density at radius 2 is 2.04 bits per heavy atom. The van der Waals surface area contributed by atoms with Gasteiger partial charge in [0.15, 0.2) is 5.65 Å². The Hall–Kier alpha value is -2.43. The molecule has 0 aromatic carbocycles. The molecule has 0 fully saturated rings. The van der Waals surface area contributed by atoms with Crippen LogP contribution < -0.4 is 5.56 Å². The zero-order chi connectivity index (χ0) is 16.4. The van der Waals surface area contributed by atoms with Crippen LogP contribution in [0, 0.1) is 5.92 Å². The van der Waals surface area contributed by atoms with Gasteiger partial charge in [0.2, 0.25) is 0 Å². The average Bonchev–Trinajstić information content (AvgIpc) is 2.95. The van der Waals surface area contributed by atoms with Gasteiger partial charge in [-0.15, -0.1) is 0 Å². The molecule has 0 unspecified atom stereocenters. The van der Waals surface area contributed by atoms with Crippen LogP contribution in [0.15, 0.2) is 41.6 Å². The fourth-order valence-electron chi connectivity index (χ4n) is 2.58. The molecule has 5 nitrogen and oxygen atoms in total. The van der Waals surface area contributed by atoms with Gasteiger partial charge in [-0.1, -0.05) is 20.8 Å². The molecule has 5 heteroatoms. The maximum Gasteiger partial charge on any atom is 0.251 e. The van der Waals surface area contributed by atoms with Gasteiger partial charge in [0.1, 0.15) is 0 Å². The minimum absolute atomic E-state index is 0.0223. The van der Waals surface area contributed by atoms with Crippen LogP contribution in [0.2, 0.25) is 0 Å². The van der Waals surface area contributed by atoms with E-state index in [1.54, 1.807) is 15.1 Å². The molecule has 3 heterocycles. The Kier molecular flexibility index (Phi) is 4.28. The highest BCUT2D eigenvalue weighted by Gasteiger charge is 2.08. The molecule has 0 atom stereocenters. The lowest BCUT2D eigenvalue weighted by atomic mass is 10.1. The third-order valence-electron chi connectivity index (χ3n) is 4.06. The van der Waals surface area contributed by atoms with Gasteiger partial charge in [-0.3, -0.25) is 4.79 Å². The molecule has 120 valence electrons. The predicted octanol–water partition coefficient (Wildman–Crippen LogP) is 3.17. The first kappa shape index (κ1) is 15.5. The molecule has 0 bridgehead atoms. The highest BCUT2D eigenvalue weighted by Crippen LogP contribution is 2.18. The molecule has 0 aliphatic carbocycles. The van der Waals surface area contributed by atoms with Gasteiger partial charge < -0.3 is 4.57 Å². The Morgan fingerprint density at radius 1 is 1.22 bits per heavy atom. The second-order valence-electron chi connectivity index (χ2n) is 6.23. The summed E-state index contributed by atoms with van der Waals surface area (Å²) >= 11 is 0. The van der Waals surface area contributed by atoms with E-state index in [2.05, 4.69) is 30.9 Å². The highest BCUT2D eigenvalue weighted by atomic mass is 16.1. The number of aromatic nitrogens is 4. The standard InChI is InChI=1S/C18H22N4O/c1-4-14-12-19-22-10-7-16(20-18(14)22)15-6-9-21(17(23)11-15)8-5-13(2)3/h6-7,9-13H,4-5,8H2,1-3H3. The van der Waals surface area contributed by atoms with Crippen molar-refractivity contribution >= 4 is 5.65 Å². The first-order valence-electron chi connectivity index (χ1n) is 8.12. The van der Waals surface area contributed by atoms with Crippen molar-refractivity contribution in [3.63, 3.8) is 0 Å². The molecule has 0 saturated carbocycles. The van der Waals surface area contributed by atoms with Crippen molar-refractivity contribution in [3.8, 4) is 11.3 Å². The molecule has 23 heavy (non-hydrogen) atoms. The van der Waals surface area contributed by atoms with E-state index >= 15 is 0 Å². The molecule has 3 aromatic rings. The van der Waals surface area contributed by atoms with E-state index in [1.165, 1.54) is 0 Å². The van der Waals surface area contributed by atoms with E-state index in [-0.39, 0.29) is 5.56 Å². The van der Waals surface area contributed by atoms with Crippen LogP contribution >= 0.6 is 0 Å². The van der Waals surface area contributed by atoms with Gasteiger partial charge in [-0.05, 0) is 30.9 Å². The van der Waals surface area contributed by atoms with Crippen LogP contribution in [-0.2, 0) is 13.0 Å². The number of nitrogens with zero attached hydrogens (tertiary/aromatic N) is 4. The lowest BCUT2D eigenvalue weighted by molar-refractivity contribution is 0.508. The van der Waals surface area contributed by atoms with Crippen molar-refractivity contribution in [2.45, 2.75) is 40.2 Å². The maximum atomic E-state index is 12.3. The van der Waals surface area contributed by atoms with Crippen molar-refractivity contribution < 1.29 is 0 Å². The van der Waals surface area contributed by atoms with Crippen molar-refractivity contribution in [3.05, 3.63) is 52.7 Å². The zero-order valence-electron chi connectivity index (χ0n) is 13.9. The molecule has 0 N–H and O–H groups in total. The number of fused-ring (bicyclic) bond motifs is 1. The quantitative estimate of drug-likeness (QED) is 0.727. The van der Waals surface area contributed by atoms with Crippen LogP contribution in [0.4, 0.5) is 0 Å². The number of hydrogen-bond acceptors (Lipinski definition) is 3. The van der Waals surface area contributed by atoms with E-state index in [1.807, 2.05) is 30.7 Å². The molecule has 3 rings (SSSR count). The van der Waals surface area contributed by atoms with E-state index in [0.29, 0.717) is 5.92 Å². The van der Waals surface area contributed by atoms with Crippen molar-refractivity contribution in [2.24, 2.45) is 5.92 Å². The van der Waals surface area contributed by atoms with Gasteiger partial charge in [0.25, 0.3) is 5.56 Å². The molecular weight excluding hydrogens is 288 g/mol. The van der Waals surface area contributed by atoms with Crippen LogP contribution in [0.3, 0.4) is 0 Å². The minimum Gasteiger partial charge on any atom is -0.315 e. The summed E-state index contributed by atoms with van der Waals surface area (Å²) in [4.78, 5) is 17.0. The smallest absolute Gasteiger partial charge is 0.251 e. The normalized spacial score (nSPS) is 11.5. The first-order valence-corrected chi connectivity index (χ1v) is 8.12. The van der Waals surface area contributed by atoms with Crippen LogP contribution in [0.1, 0.15) is 32.8 Å². The fourth-order valence-corrected chi connectivity index (χ4v) is 2.58. The second-order valence-corrected chi connectivity index (χ2v) is 6.23. The average molecular weight is 310 g/mol. The fraction of sp³-hybridized carbons (Fsp3) is 0.389. The summed E-state index contributed by atoms with van der Waals surface area (Å²) in [7, 11) is 0. The van der Waals surface area contributed by atoms with Gasteiger partial charge in [0, 0.05) is 36.1 Å². The molecule has 0 aliphatic heterocycles. The minimum atomic E-state index is 0.0223. The second kappa shape index (κ2) is 6.36. The molecule has 0 radical (unpaired) electrons. The van der Waals surface area contributed by atoms with Crippen LogP contribution in [0.25, 0.3) is 16.9 Å². The van der Waals surface area contributed by atoms with Gasteiger partial charge >= 0.3 is 0 Å². The Balaban J connectivity index is 1.95. The summed E-state index contributed by atoms with van der Waals surface area (Å²) in [6, 6.07) is 5.52. The van der Waals surface area contributed by atoms with E-state index in [9.17, 15) is 4.79 Å².